The Labute approximate surface area is 114 Å². The molecule has 1 saturated carbocycles. The molecule has 0 radical (unpaired) electrons. The summed E-state index contributed by atoms with van der Waals surface area (Å²) < 4.78 is 0. The van der Waals surface area contributed by atoms with E-state index >= 15 is 0 Å². The van der Waals surface area contributed by atoms with Crippen LogP contribution in [0.2, 0.25) is 0 Å². The molecule has 0 aromatic carbocycles. The highest BCUT2D eigenvalue weighted by Crippen LogP contribution is 2.30. The molecule has 0 spiro atoms. The number of nitrogens with zero attached hydrogens (tertiary/aromatic N) is 1. The second kappa shape index (κ2) is 6.91. The van der Waals surface area contributed by atoms with E-state index in [4.69, 9.17) is 0 Å². The van der Waals surface area contributed by atoms with Crippen LogP contribution in [-0.2, 0) is 0 Å². The molecule has 1 aliphatic carbocycles. The van der Waals surface area contributed by atoms with E-state index in [1.54, 1.807) is 0 Å². The lowest BCUT2D eigenvalue weighted by Gasteiger charge is -2.33. The van der Waals surface area contributed by atoms with E-state index in [1.165, 1.54) is 58.2 Å². The van der Waals surface area contributed by atoms with Crippen molar-refractivity contribution in [3.05, 3.63) is 0 Å². The van der Waals surface area contributed by atoms with Crippen LogP contribution >= 0.6 is 0 Å². The highest BCUT2D eigenvalue weighted by molar-refractivity contribution is 4.84. The molecule has 1 heterocycles. The van der Waals surface area contributed by atoms with Gasteiger partial charge in [-0.2, -0.15) is 0 Å². The van der Waals surface area contributed by atoms with E-state index in [0.29, 0.717) is 0 Å². The third-order valence-electron chi connectivity index (χ3n) is 5.20. The summed E-state index contributed by atoms with van der Waals surface area (Å²) in [6, 6.07) is 1.61. The van der Waals surface area contributed by atoms with Gasteiger partial charge in [0, 0.05) is 18.6 Å². The summed E-state index contributed by atoms with van der Waals surface area (Å²) in [4.78, 5) is 2.65. The van der Waals surface area contributed by atoms with Gasteiger partial charge in [0.2, 0.25) is 0 Å². The lowest BCUT2D eigenvalue weighted by atomic mass is 9.79. The summed E-state index contributed by atoms with van der Waals surface area (Å²) >= 11 is 0. The predicted molar refractivity (Wildman–Crippen MR) is 78.9 cm³/mol. The number of likely N-dealkylation sites (tertiary alicyclic amines) is 1. The first kappa shape index (κ1) is 14.3. The molecule has 2 rings (SSSR count). The minimum Gasteiger partial charge on any atom is -0.312 e. The lowest BCUT2D eigenvalue weighted by Crippen LogP contribution is -2.43. The molecule has 18 heavy (non-hydrogen) atoms. The lowest BCUT2D eigenvalue weighted by molar-refractivity contribution is 0.208. The average Bonchev–Trinajstić information content (AvgIpc) is 2.84. The molecular weight excluding hydrogens is 220 g/mol. The van der Waals surface area contributed by atoms with Crippen LogP contribution in [0.4, 0.5) is 0 Å². The van der Waals surface area contributed by atoms with Gasteiger partial charge in [-0.3, -0.25) is 4.90 Å². The van der Waals surface area contributed by atoms with E-state index in [9.17, 15) is 0 Å². The molecule has 1 saturated heterocycles. The van der Waals surface area contributed by atoms with E-state index in [-0.39, 0.29) is 0 Å². The molecule has 2 nitrogen and oxygen atoms in total. The maximum absolute atomic E-state index is 3.87. The van der Waals surface area contributed by atoms with Crippen molar-refractivity contribution in [3.8, 4) is 0 Å². The molecule has 2 aliphatic rings. The largest absolute Gasteiger partial charge is 0.312 e. The second-order valence-corrected chi connectivity index (χ2v) is 6.70. The second-order valence-electron chi connectivity index (χ2n) is 6.70. The third-order valence-corrected chi connectivity index (χ3v) is 5.20. The van der Waals surface area contributed by atoms with Crippen LogP contribution in [0, 0.1) is 11.8 Å². The quantitative estimate of drug-likeness (QED) is 0.808. The Bertz CT molecular complexity index is 239. The van der Waals surface area contributed by atoms with Gasteiger partial charge in [-0.15, -0.1) is 0 Å². The predicted octanol–water partition coefficient (Wildman–Crippen LogP) is 3.28. The molecule has 2 heteroatoms. The van der Waals surface area contributed by atoms with E-state index in [2.05, 4.69) is 31.0 Å². The van der Waals surface area contributed by atoms with Gasteiger partial charge in [0.15, 0.2) is 0 Å². The first-order chi connectivity index (χ1) is 8.70. The normalized spacial score (nSPS) is 34.3. The molecule has 3 unspecified atom stereocenters. The molecule has 1 N–H and O–H groups in total. The summed E-state index contributed by atoms with van der Waals surface area (Å²) in [6.45, 7) is 10.9. The summed E-state index contributed by atoms with van der Waals surface area (Å²) in [5.41, 5.74) is 0. The fraction of sp³-hybridized carbons (Fsp3) is 1.00. The van der Waals surface area contributed by atoms with Crippen LogP contribution in [0.3, 0.4) is 0 Å². The molecular formula is C16H32N2. The number of likely N-dealkylation sites (N-methyl/N-ethyl adjacent to an activating group) is 1. The van der Waals surface area contributed by atoms with Crippen molar-refractivity contribution < 1.29 is 0 Å². The SMILES string of the molecule is CCN1CCCC1CNC1CCCC(C(C)C)C1. The summed E-state index contributed by atoms with van der Waals surface area (Å²) in [5.74, 6) is 1.83. The van der Waals surface area contributed by atoms with E-state index in [1.807, 2.05) is 0 Å². The molecule has 0 amide bonds. The molecule has 0 aromatic rings. The Morgan fingerprint density at radius 1 is 1.17 bits per heavy atom. The van der Waals surface area contributed by atoms with Crippen LogP contribution in [0.15, 0.2) is 0 Å². The standard InChI is InChI=1S/C16H32N2/c1-4-18-10-6-9-16(18)12-17-15-8-5-7-14(11-15)13(2)3/h13-17H,4-12H2,1-3H3. The van der Waals surface area contributed by atoms with E-state index in [0.717, 1.165) is 23.9 Å². The number of nitrogens with one attached hydrogen (secondary N) is 1. The van der Waals surface area contributed by atoms with Crippen LogP contribution < -0.4 is 5.32 Å². The molecule has 2 fully saturated rings. The molecule has 3 atom stereocenters. The first-order valence-corrected chi connectivity index (χ1v) is 8.18. The van der Waals surface area contributed by atoms with Crippen molar-refractivity contribution in [1.82, 2.24) is 10.2 Å². The van der Waals surface area contributed by atoms with Gasteiger partial charge < -0.3 is 5.32 Å². The monoisotopic (exact) mass is 252 g/mol. The van der Waals surface area contributed by atoms with Crippen molar-refractivity contribution in [2.24, 2.45) is 11.8 Å². The zero-order chi connectivity index (χ0) is 13.0. The highest BCUT2D eigenvalue weighted by Gasteiger charge is 2.27. The van der Waals surface area contributed by atoms with Crippen molar-refractivity contribution in [3.63, 3.8) is 0 Å². The van der Waals surface area contributed by atoms with Crippen LogP contribution in [-0.4, -0.2) is 36.6 Å². The number of hydrogen-bond donors (Lipinski definition) is 1. The van der Waals surface area contributed by atoms with E-state index < -0.39 is 0 Å². The minimum absolute atomic E-state index is 0.797. The van der Waals surface area contributed by atoms with Crippen LogP contribution in [0.25, 0.3) is 0 Å². The molecule has 0 bridgehead atoms. The van der Waals surface area contributed by atoms with Crippen molar-refractivity contribution in [2.75, 3.05) is 19.6 Å². The van der Waals surface area contributed by atoms with Crippen molar-refractivity contribution >= 4 is 0 Å². The van der Waals surface area contributed by atoms with Gasteiger partial charge in [-0.25, -0.2) is 0 Å². The van der Waals surface area contributed by atoms with Crippen LogP contribution in [0.1, 0.15) is 59.3 Å². The number of rotatable bonds is 5. The van der Waals surface area contributed by atoms with Gasteiger partial charge in [-0.1, -0.05) is 33.6 Å². The van der Waals surface area contributed by atoms with Gasteiger partial charge in [-0.05, 0) is 50.6 Å². The summed E-state index contributed by atoms with van der Waals surface area (Å²) in [7, 11) is 0. The Kier molecular flexibility index (Phi) is 5.50. The molecule has 0 aromatic heterocycles. The summed E-state index contributed by atoms with van der Waals surface area (Å²) in [5, 5.41) is 3.87. The third kappa shape index (κ3) is 3.71. The molecule has 106 valence electrons. The smallest absolute Gasteiger partial charge is 0.0221 e. The fourth-order valence-corrected chi connectivity index (χ4v) is 3.86. The summed E-state index contributed by atoms with van der Waals surface area (Å²) in [6.07, 6.45) is 8.52. The average molecular weight is 252 g/mol. The highest BCUT2D eigenvalue weighted by atomic mass is 15.2. The van der Waals surface area contributed by atoms with Gasteiger partial charge in [0.05, 0.1) is 0 Å². The van der Waals surface area contributed by atoms with Gasteiger partial charge in [0.1, 0.15) is 0 Å². The maximum Gasteiger partial charge on any atom is 0.0221 e. The zero-order valence-electron chi connectivity index (χ0n) is 12.6. The zero-order valence-corrected chi connectivity index (χ0v) is 12.6. The maximum atomic E-state index is 3.87. The topological polar surface area (TPSA) is 15.3 Å². The Hall–Kier alpha value is -0.0800. The van der Waals surface area contributed by atoms with Crippen molar-refractivity contribution in [1.29, 1.82) is 0 Å². The van der Waals surface area contributed by atoms with Crippen LogP contribution in [0.5, 0.6) is 0 Å². The van der Waals surface area contributed by atoms with Gasteiger partial charge in [0.25, 0.3) is 0 Å². The first-order valence-electron chi connectivity index (χ1n) is 8.18. The van der Waals surface area contributed by atoms with Crippen molar-refractivity contribution in [2.45, 2.75) is 71.4 Å². The fourth-order valence-electron chi connectivity index (χ4n) is 3.86. The Morgan fingerprint density at radius 2 is 2.00 bits per heavy atom. The van der Waals surface area contributed by atoms with Gasteiger partial charge >= 0.3 is 0 Å². The Balaban J connectivity index is 1.72. The Morgan fingerprint density at radius 3 is 2.72 bits per heavy atom. The molecule has 1 aliphatic heterocycles. The number of hydrogen-bond acceptors (Lipinski definition) is 2. The minimum atomic E-state index is 0.797.